The van der Waals surface area contributed by atoms with E-state index in [0.717, 1.165) is 0 Å². The van der Waals surface area contributed by atoms with Crippen molar-refractivity contribution in [3.8, 4) is 11.5 Å². The van der Waals surface area contributed by atoms with Crippen molar-refractivity contribution < 1.29 is 23.8 Å². The lowest BCUT2D eigenvalue weighted by Crippen LogP contribution is -2.38. The normalized spacial score (nSPS) is 11.6. The SMILES string of the molecule is COCC(C)NC(=O)COc1ccc(C(C)=O)cc1OC. The zero-order chi connectivity index (χ0) is 15.8. The van der Waals surface area contributed by atoms with Gasteiger partial charge in [-0.25, -0.2) is 0 Å². The van der Waals surface area contributed by atoms with Crippen LogP contribution in [0.15, 0.2) is 18.2 Å². The molecule has 0 saturated carbocycles. The minimum Gasteiger partial charge on any atom is -0.493 e. The molecule has 6 heteroatoms. The molecule has 0 aliphatic rings. The van der Waals surface area contributed by atoms with Gasteiger partial charge in [-0.15, -0.1) is 0 Å². The van der Waals surface area contributed by atoms with E-state index in [1.165, 1.54) is 14.0 Å². The first-order valence-electron chi connectivity index (χ1n) is 6.58. The second-order valence-electron chi connectivity index (χ2n) is 4.63. The Labute approximate surface area is 124 Å². The van der Waals surface area contributed by atoms with Gasteiger partial charge in [-0.2, -0.15) is 0 Å². The van der Waals surface area contributed by atoms with Gasteiger partial charge in [-0.1, -0.05) is 0 Å². The molecular formula is C15H21NO5. The van der Waals surface area contributed by atoms with Crippen molar-refractivity contribution in [3.05, 3.63) is 23.8 Å². The van der Waals surface area contributed by atoms with Crippen LogP contribution in [-0.4, -0.2) is 45.2 Å². The van der Waals surface area contributed by atoms with E-state index in [1.54, 1.807) is 25.3 Å². The van der Waals surface area contributed by atoms with Gasteiger partial charge in [0, 0.05) is 18.7 Å². The maximum absolute atomic E-state index is 11.7. The number of nitrogens with one attached hydrogen (secondary N) is 1. The van der Waals surface area contributed by atoms with Gasteiger partial charge < -0.3 is 19.5 Å². The number of benzene rings is 1. The monoisotopic (exact) mass is 295 g/mol. The van der Waals surface area contributed by atoms with E-state index < -0.39 is 0 Å². The standard InChI is InChI=1S/C15H21NO5/c1-10(8-19-3)16-15(18)9-21-13-6-5-12(11(2)17)7-14(13)20-4/h5-7,10H,8-9H2,1-4H3,(H,16,18). The number of rotatable bonds is 8. The highest BCUT2D eigenvalue weighted by atomic mass is 16.5. The van der Waals surface area contributed by atoms with Crippen molar-refractivity contribution in [2.45, 2.75) is 19.9 Å². The van der Waals surface area contributed by atoms with Gasteiger partial charge in [0.05, 0.1) is 13.7 Å². The van der Waals surface area contributed by atoms with Crippen molar-refractivity contribution in [2.75, 3.05) is 27.4 Å². The van der Waals surface area contributed by atoms with Gasteiger partial charge in [-0.3, -0.25) is 9.59 Å². The highest BCUT2D eigenvalue weighted by molar-refractivity contribution is 5.94. The van der Waals surface area contributed by atoms with E-state index in [1.807, 2.05) is 6.92 Å². The highest BCUT2D eigenvalue weighted by Gasteiger charge is 2.11. The van der Waals surface area contributed by atoms with Crippen LogP contribution in [0.5, 0.6) is 11.5 Å². The molecule has 1 aromatic rings. The Balaban J connectivity index is 2.62. The lowest BCUT2D eigenvalue weighted by molar-refractivity contribution is -0.124. The van der Waals surface area contributed by atoms with Gasteiger partial charge >= 0.3 is 0 Å². The van der Waals surface area contributed by atoms with Crippen molar-refractivity contribution in [1.29, 1.82) is 0 Å². The molecule has 0 bridgehead atoms. The molecule has 0 aliphatic heterocycles. The molecule has 1 rings (SSSR count). The van der Waals surface area contributed by atoms with Crippen LogP contribution in [0.1, 0.15) is 24.2 Å². The molecule has 1 N–H and O–H groups in total. The smallest absolute Gasteiger partial charge is 0.258 e. The average Bonchev–Trinajstić information content (AvgIpc) is 2.44. The Morgan fingerprint density at radius 1 is 1.24 bits per heavy atom. The number of amides is 1. The zero-order valence-electron chi connectivity index (χ0n) is 12.8. The number of hydrogen-bond acceptors (Lipinski definition) is 5. The van der Waals surface area contributed by atoms with Crippen LogP contribution in [0.2, 0.25) is 0 Å². The minimum absolute atomic E-state index is 0.0639. The van der Waals surface area contributed by atoms with Crippen LogP contribution >= 0.6 is 0 Å². The number of Topliss-reactive ketones (excluding diaryl/α,β-unsaturated/α-hetero) is 1. The van der Waals surface area contributed by atoms with Crippen molar-refractivity contribution in [1.82, 2.24) is 5.32 Å². The Morgan fingerprint density at radius 3 is 2.52 bits per heavy atom. The summed E-state index contributed by atoms with van der Waals surface area (Å²) < 4.78 is 15.5. The summed E-state index contributed by atoms with van der Waals surface area (Å²) >= 11 is 0. The Hall–Kier alpha value is -2.08. The molecule has 21 heavy (non-hydrogen) atoms. The Morgan fingerprint density at radius 2 is 1.95 bits per heavy atom. The van der Waals surface area contributed by atoms with E-state index in [2.05, 4.69) is 5.32 Å². The van der Waals surface area contributed by atoms with Gasteiger partial charge in [0.15, 0.2) is 23.9 Å². The molecule has 1 atom stereocenters. The van der Waals surface area contributed by atoms with Gasteiger partial charge in [0.25, 0.3) is 5.91 Å². The highest BCUT2D eigenvalue weighted by Crippen LogP contribution is 2.28. The molecule has 0 fully saturated rings. The van der Waals surface area contributed by atoms with Crippen molar-refractivity contribution in [2.24, 2.45) is 0 Å². The average molecular weight is 295 g/mol. The molecule has 1 amide bonds. The third kappa shape index (κ3) is 5.43. The summed E-state index contributed by atoms with van der Waals surface area (Å²) in [5, 5.41) is 2.73. The van der Waals surface area contributed by atoms with Crippen LogP contribution < -0.4 is 14.8 Å². The molecule has 6 nitrogen and oxygen atoms in total. The Bertz CT molecular complexity index is 501. The molecule has 0 heterocycles. The lowest BCUT2D eigenvalue weighted by Gasteiger charge is -2.14. The van der Waals surface area contributed by atoms with Crippen LogP contribution in [0.25, 0.3) is 0 Å². The summed E-state index contributed by atoms with van der Waals surface area (Å²) in [7, 11) is 3.05. The quantitative estimate of drug-likeness (QED) is 0.734. The van der Waals surface area contributed by atoms with Gasteiger partial charge in [-0.05, 0) is 32.0 Å². The fraction of sp³-hybridized carbons (Fsp3) is 0.467. The zero-order valence-corrected chi connectivity index (χ0v) is 12.8. The van der Waals surface area contributed by atoms with Crippen LogP contribution in [0.3, 0.4) is 0 Å². The van der Waals surface area contributed by atoms with E-state index >= 15 is 0 Å². The van der Waals surface area contributed by atoms with Crippen LogP contribution in [0.4, 0.5) is 0 Å². The molecular weight excluding hydrogens is 274 g/mol. The van der Waals surface area contributed by atoms with Crippen molar-refractivity contribution in [3.63, 3.8) is 0 Å². The predicted molar refractivity (Wildman–Crippen MR) is 78.0 cm³/mol. The van der Waals surface area contributed by atoms with Gasteiger partial charge in [0.2, 0.25) is 0 Å². The summed E-state index contributed by atoms with van der Waals surface area (Å²) in [5.41, 5.74) is 0.525. The molecule has 116 valence electrons. The third-order valence-electron chi connectivity index (χ3n) is 2.75. The third-order valence-corrected chi connectivity index (χ3v) is 2.75. The summed E-state index contributed by atoms with van der Waals surface area (Å²) in [6.07, 6.45) is 0. The number of carbonyl (C=O) groups excluding carboxylic acids is 2. The molecule has 1 unspecified atom stereocenters. The molecule has 0 aromatic heterocycles. The maximum Gasteiger partial charge on any atom is 0.258 e. The summed E-state index contributed by atoms with van der Waals surface area (Å²) in [4.78, 5) is 23.0. The first-order valence-corrected chi connectivity index (χ1v) is 6.58. The predicted octanol–water partition coefficient (Wildman–Crippen LogP) is 1.43. The summed E-state index contributed by atoms with van der Waals surface area (Å²) in [5.74, 6) is 0.515. The largest absolute Gasteiger partial charge is 0.493 e. The number of hydrogen-bond donors (Lipinski definition) is 1. The Kier molecular flexibility index (Phi) is 6.68. The molecule has 0 saturated heterocycles. The maximum atomic E-state index is 11.7. The van der Waals surface area contributed by atoms with E-state index in [-0.39, 0.29) is 24.3 Å². The first-order chi connectivity index (χ1) is 9.97. The lowest BCUT2D eigenvalue weighted by atomic mass is 10.1. The number of ketones is 1. The fourth-order valence-corrected chi connectivity index (χ4v) is 1.76. The van der Waals surface area contributed by atoms with E-state index in [9.17, 15) is 9.59 Å². The molecule has 0 aliphatic carbocycles. The molecule has 0 spiro atoms. The second kappa shape index (κ2) is 8.26. The van der Waals surface area contributed by atoms with E-state index in [0.29, 0.717) is 23.7 Å². The topological polar surface area (TPSA) is 73.9 Å². The van der Waals surface area contributed by atoms with Gasteiger partial charge in [0.1, 0.15) is 0 Å². The molecule has 0 radical (unpaired) electrons. The number of ether oxygens (including phenoxy) is 3. The van der Waals surface area contributed by atoms with Crippen molar-refractivity contribution >= 4 is 11.7 Å². The fourth-order valence-electron chi connectivity index (χ4n) is 1.76. The number of carbonyl (C=O) groups is 2. The van der Waals surface area contributed by atoms with Crippen LogP contribution in [-0.2, 0) is 9.53 Å². The summed E-state index contributed by atoms with van der Waals surface area (Å²) in [6.45, 7) is 3.61. The molecule has 1 aromatic carbocycles. The minimum atomic E-state index is -0.253. The number of methoxy groups -OCH3 is 2. The first kappa shape index (κ1) is 17.0. The van der Waals surface area contributed by atoms with Crippen LogP contribution in [0, 0.1) is 0 Å². The van der Waals surface area contributed by atoms with E-state index in [4.69, 9.17) is 14.2 Å². The second-order valence-corrected chi connectivity index (χ2v) is 4.63. The summed E-state index contributed by atoms with van der Waals surface area (Å²) in [6, 6.07) is 4.74.